The van der Waals surface area contributed by atoms with Crippen LogP contribution in [0, 0.1) is 0 Å². The molecule has 0 saturated carbocycles. The molecule has 17 heavy (non-hydrogen) atoms. The number of H-pyrrole nitrogens is 1. The highest BCUT2D eigenvalue weighted by Crippen LogP contribution is 2.17. The number of ether oxygens (including phenoxy) is 1. The minimum Gasteiger partial charge on any atom is -0.461 e. The predicted molar refractivity (Wildman–Crippen MR) is 62.8 cm³/mol. The van der Waals surface area contributed by atoms with Gasteiger partial charge in [0.25, 0.3) is 0 Å². The Balaban J connectivity index is 2.23. The van der Waals surface area contributed by atoms with Crippen LogP contribution in [0.3, 0.4) is 0 Å². The first-order chi connectivity index (χ1) is 8.20. The van der Waals surface area contributed by atoms with Gasteiger partial charge in [-0.2, -0.15) is 5.10 Å². The second kappa shape index (κ2) is 4.97. The van der Waals surface area contributed by atoms with E-state index in [1.807, 2.05) is 0 Å². The van der Waals surface area contributed by atoms with E-state index in [0.29, 0.717) is 28.7 Å². The maximum atomic E-state index is 11.4. The first-order valence-corrected chi connectivity index (χ1v) is 5.43. The Bertz CT molecular complexity index is 522. The Morgan fingerprint density at radius 2 is 2.29 bits per heavy atom. The van der Waals surface area contributed by atoms with Crippen molar-refractivity contribution in [1.29, 1.82) is 0 Å². The maximum Gasteiger partial charge on any atom is 0.356 e. The summed E-state index contributed by atoms with van der Waals surface area (Å²) in [5.74, 6) is -0.430. The van der Waals surface area contributed by atoms with E-state index in [1.165, 1.54) is 6.20 Å². The Hall–Kier alpha value is -1.88. The Morgan fingerprint density at radius 3 is 2.94 bits per heavy atom. The van der Waals surface area contributed by atoms with Gasteiger partial charge in [0, 0.05) is 12.3 Å². The Morgan fingerprint density at radius 1 is 1.47 bits per heavy atom. The number of nitrogens with one attached hydrogen (secondary N) is 1. The number of pyridine rings is 1. The maximum absolute atomic E-state index is 11.4. The Labute approximate surface area is 103 Å². The first-order valence-electron chi connectivity index (χ1n) is 5.05. The lowest BCUT2D eigenvalue weighted by molar-refractivity contribution is 0.0519. The molecule has 88 valence electrons. The number of halogens is 1. The molecule has 0 aliphatic heterocycles. The second-order valence-electron chi connectivity index (χ2n) is 3.25. The lowest BCUT2D eigenvalue weighted by Crippen LogP contribution is -2.04. The minimum absolute atomic E-state index is 0.304. The topological polar surface area (TPSA) is 67.9 Å². The quantitative estimate of drug-likeness (QED) is 0.850. The summed E-state index contributed by atoms with van der Waals surface area (Å²) >= 11 is 5.73. The second-order valence-corrected chi connectivity index (χ2v) is 3.69. The summed E-state index contributed by atoms with van der Waals surface area (Å²) < 4.78 is 4.84. The fourth-order valence-corrected chi connectivity index (χ4v) is 1.41. The van der Waals surface area contributed by atoms with E-state index >= 15 is 0 Å². The highest BCUT2D eigenvalue weighted by atomic mass is 35.5. The van der Waals surface area contributed by atoms with Crippen molar-refractivity contribution in [3.05, 3.63) is 35.1 Å². The van der Waals surface area contributed by atoms with Crippen molar-refractivity contribution in [3.63, 3.8) is 0 Å². The molecule has 2 rings (SSSR count). The monoisotopic (exact) mass is 251 g/mol. The average Bonchev–Trinajstić information content (AvgIpc) is 2.80. The van der Waals surface area contributed by atoms with Crippen molar-refractivity contribution >= 4 is 17.6 Å². The van der Waals surface area contributed by atoms with E-state index in [0.717, 1.165) is 0 Å². The molecule has 1 N–H and O–H groups in total. The summed E-state index contributed by atoms with van der Waals surface area (Å²) in [6.07, 6.45) is 1.52. The van der Waals surface area contributed by atoms with Gasteiger partial charge in [0.1, 0.15) is 11.4 Å². The molecule has 0 radical (unpaired) electrons. The van der Waals surface area contributed by atoms with Gasteiger partial charge in [-0.25, -0.2) is 4.79 Å². The van der Waals surface area contributed by atoms with E-state index in [1.54, 1.807) is 25.1 Å². The largest absolute Gasteiger partial charge is 0.461 e. The molecule has 0 bridgehead atoms. The number of nitrogens with zero attached hydrogens (tertiary/aromatic N) is 2. The predicted octanol–water partition coefficient (Wildman–Crippen LogP) is 2.30. The van der Waals surface area contributed by atoms with Gasteiger partial charge in [-0.15, -0.1) is 0 Å². The molecule has 0 aromatic carbocycles. The van der Waals surface area contributed by atoms with E-state index in [4.69, 9.17) is 16.3 Å². The zero-order valence-electron chi connectivity index (χ0n) is 9.11. The average molecular weight is 252 g/mol. The van der Waals surface area contributed by atoms with Crippen LogP contribution < -0.4 is 0 Å². The Kier molecular flexibility index (Phi) is 3.39. The summed E-state index contributed by atoms with van der Waals surface area (Å²) in [5, 5.41) is 7.14. The molecule has 2 aromatic rings. The molecule has 0 saturated heterocycles. The van der Waals surface area contributed by atoms with E-state index in [-0.39, 0.29) is 0 Å². The SMILES string of the molecule is CCOC(=O)c1cc(-c2ccc(Cl)cn2)n[nH]1. The van der Waals surface area contributed by atoms with Crippen LogP contribution in [0.25, 0.3) is 11.4 Å². The summed E-state index contributed by atoms with van der Waals surface area (Å²) in [6, 6.07) is 5.03. The van der Waals surface area contributed by atoms with Gasteiger partial charge in [-0.05, 0) is 19.1 Å². The molecular formula is C11H10ClN3O2. The van der Waals surface area contributed by atoms with Gasteiger partial charge >= 0.3 is 5.97 Å². The van der Waals surface area contributed by atoms with Crippen molar-refractivity contribution in [1.82, 2.24) is 15.2 Å². The lowest BCUT2D eigenvalue weighted by atomic mass is 10.2. The molecule has 2 aromatic heterocycles. The zero-order valence-corrected chi connectivity index (χ0v) is 9.86. The molecule has 0 spiro atoms. The molecule has 0 aliphatic rings. The van der Waals surface area contributed by atoms with Gasteiger partial charge in [-0.3, -0.25) is 10.1 Å². The standard InChI is InChI=1S/C11H10ClN3O2/c1-2-17-11(16)10-5-9(14-15-10)8-4-3-7(12)6-13-8/h3-6H,2H2,1H3,(H,14,15). The molecule has 0 fully saturated rings. The molecule has 0 aliphatic carbocycles. The lowest BCUT2D eigenvalue weighted by Gasteiger charge is -1.96. The van der Waals surface area contributed by atoms with Crippen LogP contribution in [0.1, 0.15) is 17.4 Å². The van der Waals surface area contributed by atoms with Crippen molar-refractivity contribution in [2.24, 2.45) is 0 Å². The number of aromatic amines is 1. The minimum atomic E-state index is -0.430. The molecule has 0 atom stereocenters. The first kappa shape index (κ1) is 11.6. The molecule has 2 heterocycles. The normalized spacial score (nSPS) is 10.2. The van der Waals surface area contributed by atoms with E-state index < -0.39 is 5.97 Å². The summed E-state index contributed by atoms with van der Waals surface area (Å²) in [4.78, 5) is 15.5. The van der Waals surface area contributed by atoms with Gasteiger partial charge in [-0.1, -0.05) is 11.6 Å². The van der Waals surface area contributed by atoms with Gasteiger partial charge in [0.15, 0.2) is 0 Å². The number of esters is 1. The molecule has 6 heteroatoms. The van der Waals surface area contributed by atoms with Crippen molar-refractivity contribution in [2.75, 3.05) is 6.61 Å². The third-order valence-electron chi connectivity index (χ3n) is 2.06. The van der Waals surface area contributed by atoms with Crippen LogP contribution in [-0.2, 0) is 4.74 Å². The summed E-state index contributed by atoms with van der Waals surface area (Å²) in [6.45, 7) is 2.07. The van der Waals surface area contributed by atoms with Crippen molar-refractivity contribution < 1.29 is 9.53 Å². The van der Waals surface area contributed by atoms with Crippen LogP contribution in [0.5, 0.6) is 0 Å². The molecule has 5 nitrogen and oxygen atoms in total. The van der Waals surface area contributed by atoms with E-state index in [9.17, 15) is 4.79 Å². The van der Waals surface area contributed by atoms with Crippen LogP contribution in [0.2, 0.25) is 5.02 Å². The summed E-state index contributed by atoms with van der Waals surface area (Å²) in [5.41, 5.74) is 1.52. The number of rotatable bonds is 3. The van der Waals surface area contributed by atoms with Gasteiger partial charge in [0.2, 0.25) is 0 Å². The van der Waals surface area contributed by atoms with Crippen LogP contribution >= 0.6 is 11.6 Å². The highest BCUT2D eigenvalue weighted by molar-refractivity contribution is 6.30. The third-order valence-corrected chi connectivity index (χ3v) is 2.29. The highest BCUT2D eigenvalue weighted by Gasteiger charge is 2.12. The summed E-state index contributed by atoms with van der Waals surface area (Å²) in [7, 11) is 0. The fourth-order valence-electron chi connectivity index (χ4n) is 1.29. The van der Waals surface area contributed by atoms with E-state index in [2.05, 4.69) is 15.2 Å². The number of aromatic nitrogens is 3. The number of hydrogen-bond acceptors (Lipinski definition) is 4. The molecular weight excluding hydrogens is 242 g/mol. The molecule has 0 amide bonds. The smallest absolute Gasteiger partial charge is 0.356 e. The van der Waals surface area contributed by atoms with Gasteiger partial charge in [0.05, 0.1) is 17.3 Å². The molecule has 0 unspecified atom stereocenters. The van der Waals surface area contributed by atoms with Crippen LogP contribution in [0.4, 0.5) is 0 Å². The number of carbonyl (C=O) groups excluding carboxylic acids is 1. The number of carbonyl (C=O) groups is 1. The number of hydrogen-bond donors (Lipinski definition) is 1. The van der Waals surface area contributed by atoms with Crippen LogP contribution in [0.15, 0.2) is 24.4 Å². The third kappa shape index (κ3) is 2.62. The van der Waals surface area contributed by atoms with Crippen LogP contribution in [-0.4, -0.2) is 27.8 Å². The van der Waals surface area contributed by atoms with Crippen molar-refractivity contribution in [3.8, 4) is 11.4 Å². The van der Waals surface area contributed by atoms with Gasteiger partial charge < -0.3 is 4.74 Å². The zero-order chi connectivity index (χ0) is 12.3. The fraction of sp³-hybridized carbons (Fsp3) is 0.182. The van der Waals surface area contributed by atoms with Crippen molar-refractivity contribution in [2.45, 2.75) is 6.92 Å².